The summed E-state index contributed by atoms with van der Waals surface area (Å²) in [6, 6.07) is 19.6. The Morgan fingerprint density at radius 2 is 1.82 bits per heavy atom. The average Bonchev–Trinajstić information content (AvgIpc) is 3.48. The van der Waals surface area contributed by atoms with Crippen molar-refractivity contribution in [3.05, 3.63) is 96.0 Å². The smallest absolute Gasteiger partial charge is 0.239 e. The molecule has 0 aliphatic carbocycles. The van der Waals surface area contributed by atoms with E-state index in [0.29, 0.717) is 24.7 Å². The van der Waals surface area contributed by atoms with Crippen molar-refractivity contribution in [2.75, 3.05) is 12.3 Å². The highest BCUT2D eigenvalue weighted by atomic mass is 16.5. The Hall–Kier alpha value is -4.37. The van der Waals surface area contributed by atoms with Crippen LogP contribution in [0.4, 0.5) is 5.82 Å². The van der Waals surface area contributed by atoms with Gasteiger partial charge in [0.25, 0.3) is 0 Å². The summed E-state index contributed by atoms with van der Waals surface area (Å²) in [5.74, 6) is 0.748. The predicted molar refractivity (Wildman–Crippen MR) is 123 cm³/mol. The highest BCUT2D eigenvalue weighted by Gasteiger charge is 2.14. The first kappa shape index (κ1) is 20.5. The monoisotopic (exact) mass is 439 g/mol. The number of rotatable bonds is 8. The molecule has 5 rings (SSSR count). The van der Waals surface area contributed by atoms with E-state index in [1.54, 1.807) is 0 Å². The molecule has 0 amide bonds. The number of Topliss-reactive ketones (excluding diaryl/α,β-unsaturated/α-hetero) is 1. The molecule has 0 saturated carbocycles. The standard InChI is InChI=1S/C24H21N7O2/c25-22-19-10-11-31(24(19)28-15-27-22)18-8-6-17(7-9-18)13-26-14-20(32)23-29-21(33-30-23)12-16-4-2-1-3-5-16/h1-11,15,26H,12-14H2,(H2,25,27,28). The van der Waals surface area contributed by atoms with Crippen LogP contribution in [0, 0.1) is 0 Å². The van der Waals surface area contributed by atoms with Crippen LogP contribution in [-0.2, 0) is 13.0 Å². The van der Waals surface area contributed by atoms with Crippen LogP contribution in [0.15, 0.2) is 77.7 Å². The number of fused-ring (bicyclic) bond motifs is 1. The zero-order valence-electron chi connectivity index (χ0n) is 17.7. The van der Waals surface area contributed by atoms with Gasteiger partial charge in [0.1, 0.15) is 17.8 Å². The fourth-order valence-corrected chi connectivity index (χ4v) is 3.56. The van der Waals surface area contributed by atoms with E-state index in [-0.39, 0.29) is 18.2 Å². The molecule has 0 atom stereocenters. The highest BCUT2D eigenvalue weighted by molar-refractivity contribution is 5.94. The van der Waals surface area contributed by atoms with Gasteiger partial charge < -0.3 is 20.1 Å². The fraction of sp³-hybridized carbons (Fsp3) is 0.125. The summed E-state index contributed by atoms with van der Waals surface area (Å²) in [7, 11) is 0. The molecule has 0 unspecified atom stereocenters. The minimum absolute atomic E-state index is 0.0875. The molecule has 3 aromatic heterocycles. The van der Waals surface area contributed by atoms with E-state index >= 15 is 0 Å². The maximum absolute atomic E-state index is 12.4. The third-order valence-electron chi connectivity index (χ3n) is 5.26. The molecule has 2 aromatic carbocycles. The third kappa shape index (κ3) is 4.48. The molecule has 33 heavy (non-hydrogen) atoms. The second-order valence-electron chi connectivity index (χ2n) is 7.55. The summed E-state index contributed by atoms with van der Waals surface area (Å²) < 4.78 is 7.17. The Morgan fingerprint density at radius 1 is 1.00 bits per heavy atom. The maximum Gasteiger partial charge on any atom is 0.239 e. The Bertz CT molecular complexity index is 1390. The number of carbonyl (C=O) groups is 1. The zero-order valence-corrected chi connectivity index (χ0v) is 17.7. The number of hydrogen-bond acceptors (Lipinski definition) is 8. The van der Waals surface area contributed by atoms with Crippen molar-refractivity contribution in [3.63, 3.8) is 0 Å². The van der Waals surface area contributed by atoms with Crippen LogP contribution in [0.2, 0.25) is 0 Å². The molecule has 0 fully saturated rings. The van der Waals surface area contributed by atoms with Gasteiger partial charge in [-0.05, 0) is 29.3 Å². The molecular weight excluding hydrogens is 418 g/mol. The fourth-order valence-electron chi connectivity index (χ4n) is 3.56. The van der Waals surface area contributed by atoms with Gasteiger partial charge in [0.05, 0.1) is 18.4 Å². The average molecular weight is 439 g/mol. The van der Waals surface area contributed by atoms with Crippen molar-refractivity contribution >= 4 is 22.6 Å². The number of nitrogens with two attached hydrogens (primary N) is 1. The molecule has 0 aliphatic rings. The van der Waals surface area contributed by atoms with Crippen LogP contribution in [0.25, 0.3) is 16.7 Å². The van der Waals surface area contributed by atoms with E-state index in [1.807, 2.05) is 71.4 Å². The number of carbonyl (C=O) groups excluding carboxylic acids is 1. The summed E-state index contributed by atoms with van der Waals surface area (Å²) >= 11 is 0. The third-order valence-corrected chi connectivity index (χ3v) is 5.26. The van der Waals surface area contributed by atoms with Gasteiger partial charge in [-0.3, -0.25) is 4.79 Å². The molecule has 5 aromatic rings. The molecule has 0 saturated heterocycles. The topological polar surface area (TPSA) is 125 Å². The van der Waals surface area contributed by atoms with Gasteiger partial charge >= 0.3 is 0 Å². The molecule has 0 aliphatic heterocycles. The van der Waals surface area contributed by atoms with Gasteiger partial charge in [0.2, 0.25) is 17.5 Å². The second-order valence-corrected chi connectivity index (χ2v) is 7.55. The summed E-state index contributed by atoms with van der Waals surface area (Å²) in [6.07, 6.45) is 3.87. The minimum Gasteiger partial charge on any atom is -0.383 e. The minimum atomic E-state index is -0.217. The van der Waals surface area contributed by atoms with E-state index in [1.165, 1.54) is 6.33 Å². The van der Waals surface area contributed by atoms with Gasteiger partial charge in [-0.25, -0.2) is 9.97 Å². The van der Waals surface area contributed by atoms with E-state index < -0.39 is 0 Å². The van der Waals surface area contributed by atoms with Crippen molar-refractivity contribution in [2.24, 2.45) is 0 Å². The lowest BCUT2D eigenvalue weighted by Gasteiger charge is -2.07. The molecule has 164 valence electrons. The lowest BCUT2D eigenvalue weighted by molar-refractivity contribution is 0.0978. The van der Waals surface area contributed by atoms with E-state index in [4.69, 9.17) is 10.3 Å². The van der Waals surface area contributed by atoms with Gasteiger partial charge in [0, 0.05) is 18.4 Å². The Morgan fingerprint density at radius 3 is 2.64 bits per heavy atom. The lowest BCUT2D eigenvalue weighted by atomic mass is 10.1. The van der Waals surface area contributed by atoms with Crippen molar-refractivity contribution in [1.82, 2.24) is 30.0 Å². The zero-order chi connectivity index (χ0) is 22.6. The van der Waals surface area contributed by atoms with Crippen molar-refractivity contribution in [3.8, 4) is 5.69 Å². The number of nitrogens with zero attached hydrogens (tertiary/aromatic N) is 5. The van der Waals surface area contributed by atoms with Crippen LogP contribution in [0.5, 0.6) is 0 Å². The first-order valence-electron chi connectivity index (χ1n) is 10.4. The van der Waals surface area contributed by atoms with Gasteiger partial charge in [0.15, 0.2) is 0 Å². The van der Waals surface area contributed by atoms with Crippen LogP contribution >= 0.6 is 0 Å². The predicted octanol–water partition coefficient (Wildman–Crippen LogP) is 2.95. The number of benzene rings is 2. The normalized spacial score (nSPS) is 11.2. The molecule has 0 radical (unpaired) electrons. The van der Waals surface area contributed by atoms with Crippen LogP contribution in [0.3, 0.4) is 0 Å². The van der Waals surface area contributed by atoms with E-state index in [2.05, 4.69) is 25.4 Å². The second kappa shape index (κ2) is 9.01. The number of anilines is 1. The molecule has 3 N–H and O–H groups in total. The Kier molecular flexibility index (Phi) is 5.61. The van der Waals surface area contributed by atoms with Crippen molar-refractivity contribution < 1.29 is 9.32 Å². The summed E-state index contributed by atoms with van der Waals surface area (Å²) in [6.45, 7) is 0.646. The molecule has 9 nitrogen and oxygen atoms in total. The summed E-state index contributed by atoms with van der Waals surface area (Å²) in [5.41, 5.74) is 9.71. The molecular formula is C24H21N7O2. The number of nitrogens with one attached hydrogen (secondary N) is 1. The Balaban J connectivity index is 1.17. The number of nitrogen functional groups attached to an aromatic ring is 1. The number of ketones is 1. The largest absolute Gasteiger partial charge is 0.383 e. The van der Waals surface area contributed by atoms with E-state index in [9.17, 15) is 4.79 Å². The quantitative estimate of drug-likeness (QED) is 0.354. The molecule has 0 spiro atoms. The Labute approximate surface area is 189 Å². The van der Waals surface area contributed by atoms with Crippen molar-refractivity contribution in [1.29, 1.82) is 0 Å². The van der Waals surface area contributed by atoms with Gasteiger partial charge in [-0.2, -0.15) is 4.98 Å². The highest BCUT2D eigenvalue weighted by Crippen LogP contribution is 2.21. The first-order chi connectivity index (χ1) is 16.2. The van der Waals surface area contributed by atoms with Crippen LogP contribution in [0.1, 0.15) is 27.6 Å². The van der Waals surface area contributed by atoms with Gasteiger partial charge in [-0.1, -0.05) is 47.6 Å². The van der Waals surface area contributed by atoms with Gasteiger partial charge in [-0.15, -0.1) is 0 Å². The van der Waals surface area contributed by atoms with Crippen LogP contribution < -0.4 is 11.1 Å². The first-order valence-corrected chi connectivity index (χ1v) is 10.4. The molecule has 3 heterocycles. The lowest BCUT2D eigenvalue weighted by Crippen LogP contribution is -2.23. The van der Waals surface area contributed by atoms with Crippen LogP contribution in [-0.4, -0.2) is 37.0 Å². The number of hydrogen-bond donors (Lipinski definition) is 2. The summed E-state index contributed by atoms with van der Waals surface area (Å²) in [4.78, 5) is 24.9. The number of aromatic nitrogens is 5. The maximum atomic E-state index is 12.4. The van der Waals surface area contributed by atoms with Crippen molar-refractivity contribution in [2.45, 2.75) is 13.0 Å². The molecule has 9 heteroatoms. The van der Waals surface area contributed by atoms with E-state index in [0.717, 1.165) is 27.8 Å². The summed E-state index contributed by atoms with van der Waals surface area (Å²) in [5, 5.41) is 7.76. The molecule has 0 bridgehead atoms. The SMILES string of the molecule is Nc1ncnc2c1ccn2-c1ccc(CNCC(=O)c2noc(Cc3ccccc3)n2)cc1.